The van der Waals surface area contributed by atoms with Gasteiger partial charge in [-0.3, -0.25) is 4.79 Å². The van der Waals surface area contributed by atoms with Crippen LogP contribution in [0.25, 0.3) is 0 Å². The molecular formula is C13H18ClN3O3S. The number of nitrogens with zero attached hydrogens (tertiary/aromatic N) is 2. The summed E-state index contributed by atoms with van der Waals surface area (Å²) < 4.78 is 24.3. The summed E-state index contributed by atoms with van der Waals surface area (Å²) in [5, 5.41) is 3.20. The van der Waals surface area contributed by atoms with Crippen LogP contribution in [0.3, 0.4) is 0 Å². The lowest BCUT2D eigenvalue weighted by atomic mass is 10.1. The van der Waals surface area contributed by atoms with Gasteiger partial charge in [0, 0.05) is 30.4 Å². The second kappa shape index (κ2) is 6.29. The van der Waals surface area contributed by atoms with Crippen molar-refractivity contribution < 1.29 is 13.2 Å². The number of halogens is 1. The Bertz CT molecular complexity index is 620. The number of sulfonamides is 1. The quantitative estimate of drug-likeness (QED) is 0.844. The minimum Gasteiger partial charge on any atom is -0.349 e. The van der Waals surface area contributed by atoms with E-state index in [0.717, 1.165) is 0 Å². The van der Waals surface area contributed by atoms with Crippen molar-refractivity contribution in [2.24, 2.45) is 0 Å². The molecule has 116 valence electrons. The van der Waals surface area contributed by atoms with E-state index in [-0.39, 0.29) is 17.1 Å². The molecule has 1 aromatic rings. The van der Waals surface area contributed by atoms with Crippen LogP contribution in [0, 0.1) is 6.92 Å². The van der Waals surface area contributed by atoms with Crippen molar-refractivity contribution in [3.63, 3.8) is 0 Å². The van der Waals surface area contributed by atoms with E-state index in [2.05, 4.69) is 10.3 Å². The first-order chi connectivity index (χ1) is 9.75. The minimum atomic E-state index is -3.15. The molecule has 1 fully saturated rings. The Labute approximate surface area is 129 Å². The molecule has 2 rings (SSSR count). The highest BCUT2D eigenvalue weighted by atomic mass is 35.5. The third-order valence-corrected chi connectivity index (χ3v) is 4.94. The van der Waals surface area contributed by atoms with Gasteiger partial charge in [0.25, 0.3) is 5.91 Å². The van der Waals surface area contributed by atoms with Crippen LogP contribution >= 0.6 is 11.6 Å². The second-order valence-electron chi connectivity index (χ2n) is 5.23. The van der Waals surface area contributed by atoms with Crippen molar-refractivity contribution in [3.8, 4) is 0 Å². The topological polar surface area (TPSA) is 79.4 Å². The van der Waals surface area contributed by atoms with Crippen LogP contribution in [-0.4, -0.2) is 49.0 Å². The number of hydrogen-bond acceptors (Lipinski definition) is 4. The third kappa shape index (κ3) is 4.39. The minimum absolute atomic E-state index is 0.0252. The Morgan fingerprint density at radius 3 is 2.52 bits per heavy atom. The zero-order valence-corrected chi connectivity index (χ0v) is 13.5. The van der Waals surface area contributed by atoms with E-state index >= 15 is 0 Å². The summed E-state index contributed by atoms with van der Waals surface area (Å²) in [7, 11) is -3.15. The SMILES string of the molecule is Cc1cc(C(=O)NC2CCN(S(C)(=O)=O)CC2)cc(Cl)n1. The van der Waals surface area contributed by atoms with Crippen molar-refractivity contribution in [2.75, 3.05) is 19.3 Å². The van der Waals surface area contributed by atoms with Gasteiger partial charge in [-0.15, -0.1) is 0 Å². The summed E-state index contributed by atoms with van der Waals surface area (Å²) in [6, 6.07) is 3.17. The summed E-state index contributed by atoms with van der Waals surface area (Å²) >= 11 is 5.84. The summed E-state index contributed by atoms with van der Waals surface area (Å²) in [6.45, 7) is 2.63. The molecular weight excluding hydrogens is 314 g/mol. The molecule has 0 bridgehead atoms. The number of rotatable bonds is 3. The highest BCUT2D eigenvalue weighted by Gasteiger charge is 2.26. The van der Waals surface area contributed by atoms with Gasteiger partial charge in [0.05, 0.1) is 6.26 Å². The number of pyridine rings is 1. The number of nitrogens with one attached hydrogen (secondary N) is 1. The van der Waals surface area contributed by atoms with E-state index < -0.39 is 10.0 Å². The highest BCUT2D eigenvalue weighted by molar-refractivity contribution is 7.88. The van der Waals surface area contributed by atoms with Gasteiger partial charge in [-0.25, -0.2) is 17.7 Å². The number of aryl methyl sites for hydroxylation is 1. The lowest BCUT2D eigenvalue weighted by molar-refractivity contribution is 0.0923. The monoisotopic (exact) mass is 331 g/mol. The average Bonchev–Trinajstić information content (AvgIpc) is 2.37. The van der Waals surface area contributed by atoms with Crippen LogP contribution in [0.4, 0.5) is 0 Å². The fourth-order valence-corrected chi connectivity index (χ4v) is 3.48. The summed E-state index contributed by atoms with van der Waals surface area (Å²) in [4.78, 5) is 16.2. The molecule has 8 heteroatoms. The second-order valence-corrected chi connectivity index (χ2v) is 7.60. The number of aromatic nitrogens is 1. The van der Waals surface area contributed by atoms with E-state index in [1.54, 1.807) is 13.0 Å². The highest BCUT2D eigenvalue weighted by Crippen LogP contribution is 2.15. The van der Waals surface area contributed by atoms with Gasteiger partial charge in [0.2, 0.25) is 10.0 Å². The fourth-order valence-electron chi connectivity index (χ4n) is 2.36. The van der Waals surface area contributed by atoms with Crippen molar-refractivity contribution in [2.45, 2.75) is 25.8 Å². The third-order valence-electron chi connectivity index (χ3n) is 3.44. The normalized spacial score (nSPS) is 17.7. The Kier molecular flexibility index (Phi) is 4.85. The number of hydrogen-bond donors (Lipinski definition) is 1. The summed E-state index contributed by atoms with van der Waals surface area (Å²) in [5.41, 5.74) is 1.15. The largest absolute Gasteiger partial charge is 0.349 e. The van der Waals surface area contributed by atoms with E-state index in [1.165, 1.54) is 16.6 Å². The molecule has 1 aromatic heterocycles. The van der Waals surface area contributed by atoms with Crippen LogP contribution in [0.5, 0.6) is 0 Å². The molecule has 1 N–H and O–H groups in total. The van der Waals surface area contributed by atoms with E-state index in [4.69, 9.17) is 11.6 Å². The van der Waals surface area contributed by atoms with Gasteiger partial charge in [-0.05, 0) is 31.9 Å². The molecule has 0 atom stereocenters. The standard InChI is InChI=1S/C13H18ClN3O3S/c1-9-7-10(8-12(14)15-9)13(18)16-11-3-5-17(6-4-11)21(2,19)20/h7-8,11H,3-6H2,1-2H3,(H,16,18). The van der Waals surface area contributed by atoms with Gasteiger partial charge in [0.1, 0.15) is 5.15 Å². The molecule has 6 nitrogen and oxygen atoms in total. The van der Waals surface area contributed by atoms with Crippen molar-refractivity contribution in [1.29, 1.82) is 0 Å². The van der Waals surface area contributed by atoms with Crippen LogP contribution in [0.1, 0.15) is 28.9 Å². The van der Waals surface area contributed by atoms with Gasteiger partial charge in [-0.2, -0.15) is 0 Å². The lowest BCUT2D eigenvalue weighted by Gasteiger charge is -2.30. The first-order valence-electron chi connectivity index (χ1n) is 6.66. The maximum atomic E-state index is 12.2. The van der Waals surface area contributed by atoms with Crippen LogP contribution in [0.2, 0.25) is 5.15 Å². The molecule has 1 saturated heterocycles. The summed E-state index contributed by atoms with van der Waals surface area (Å²) in [6.07, 6.45) is 2.42. The molecule has 0 radical (unpaired) electrons. The molecule has 0 aliphatic carbocycles. The van der Waals surface area contributed by atoms with Gasteiger partial charge in [0.15, 0.2) is 0 Å². The van der Waals surface area contributed by atoms with Gasteiger partial charge >= 0.3 is 0 Å². The Hall–Kier alpha value is -1.18. The number of carbonyl (C=O) groups is 1. The zero-order valence-electron chi connectivity index (χ0n) is 12.0. The molecule has 1 aliphatic rings. The molecule has 21 heavy (non-hydrogen) atoms. The molecule has 0 aromatic carbocycles. The number of piperidine rings is 1. The number of amides is 1. The van der Waals surface area contributed by atoms with E-state index in [0.29, 0.717) is 37.2 Å². The Balaban J connectivity index is 1.96. The Morgan fingerprint density at radius 2 is 2.00 bits per heavy atom. The van der Waals surface area contributed by atoms with Crippen LogP contribution < -0.4 is 5.32 Å². The Morgan fingerprint density at radius 1 is 1.38 bits per heavy atom. The van der Waals surface area contributed by atoms with E-state index in [1.807, 2.05) is 0 Å². The molecule has 0 unspecified atom stereocenters. The van der Waals surface area contributed by atoms with Gasteiger partial charge in [-0.1, -0.05) is 11.6 Å². The zero-order chi connectivity index (χ0) is 15.6. The van der Waals surface area contributed by atoms with Crippen molar-refractivity contribution in [1.82, 2.24) is 14.6 Å². The van der Waals surface area contributed by atoms with E-state index in [9.17, 15) is 13.2 Å². The van der Waals surface area contributed by atoms with Crippen molar-refractivity contribution >= 4 is 27.5 Å². The predicted octanol–water partition coefficient (Wildman–Crippen LogP) is 1.20. The summed E-state index contributed by atoms with van der Waals surface area (Å²) in [5.74, 6) is -0.208. The first-order valence-corrected chi connectivity index (χ1v) is 8.88. The molecule has 1 aliphatic heterocycles. The molecule has 0 spiro atoms. The van der Waals surface area contributed by atoms with Crippen molar-refractivity contribution in [3.05, 3.63) is 28.5 Å². The average molecular weight is 332 g/mol. The maximum Gasteiger partial charge on any atom is 0.251 e. The molecule has 1 amide bonds. The first kappa shape index (κ1) is 16.2. The predicted molar refractivity (Wildman–Crippen MR) is 80.9 cm³/mol. The molecule has 0 saturated carbocycles. The smallest absolute Gasteiger partial charge is 0.251 e. The van der Waals surface area contributed by atoms with Crippen LogP contribution in [-0.2, 0) is 10.0 Å². The van der Waals surface area contributed by atoms with Gasteiger partial charge < -0.3 is 5.32 Å². The fraction of sp³-hybridized carbons (Fsp3) is 0.538. The van der Waals surface area contributed by atoms with Crippen LogP contribution in [0.15, 0.2) is 12.1 Å². The lowest BCUT2D eigenvalue weighted by Crippen LogP contribution is -2.46. The number of carbonyl (C=O) groups excluding carboxylic acids is 1. The maximum absolute atomic E-state index is 12.2. The molecule has 2 heterocycles.